The van der Waals surface area contributed by atoms with Crippen LogP contribution in [0.4, 0.5) is 0 Å². The van der Waals surface area contributed by atoms with Crippen LogP contribution < -0.4 is 0 Å². The summed E-state index contributed by atoms with van der Waals surface area (Å²) in [7, 11) is 0. The van der Waals surface area contributed by atoms with Gasteiger partial charge in [0.25, 0.3) is 5.78 Å². The van der Waals surface area contributed by atoms with Crippen molar-refractivity contribution in [2.24, 2.45) is 0 Å². The van der Waals surface area contributed by atoms with Crippen LogP contribution in [-0.2, 0) is 0 Å². The smallest absolute Gasteiger partial charge is 0.269 e. The van der Waals surface area contributed by atoms with Gasteiger partial charge in [-0.15, -0.1) is 0 Å². The predicted octanol–water partition coefficient (Wildman–Crippen LogP) is 2.33. The van der Waals surface area contributed by atoms with Crippen LogP contribution in [0, 0.1) is 0 Å². The number of Topliss-reactive ketones (excluding diaryl/α,β-unsaturated/α-hetero) is 2. The largest absolute Gasteiger partial charge is 0.460 e. The first-order valence-electron chi connectivity index (χ1n) is 4.55. The molecule has 1 heterocycles. The Morgan fingerprint density at radius 3 is 2.33 bits per heavy atom. The number of rotatable bonds is 0. The zero-order valence-electron chi connectivity index (χ0n) is 7.69. The minimum atomic E-state index is -0.561. The van der Waals surface area contributed by atoms with Crippen molar-refractivity contribution in [1.29, 1.82) is 0 Å². The highest BCUT2D eigenvalue weighted by molar-refractivity contribution is 6.52. The van der Waals surface area contributed by atoms with Gasteiger partial charge >= 0.3 is 0 Å². The van der Waals surface area contributed by atoms with Crippen LogP contribution in [0.2, 0.25) is 0 Å². The van der Waals surface area contributed by atoms with Crippen molar-refractivity contribution in [2.45, 2.75) is 0 Å². The van der Waals surface area contributed by atoms with E-state index in [0.717, 1.165) is 5.56 Å². The highest BCUT2D eigenvalue weighted by Gasteiger charge is 2.32. The lowest BCUT2D eigenvalue weighted by molar-refractivity contribution is 0.0799. The summed E-state index contributed by atoms with van der Waals surface area (Å²) < 4.78 is 5.03. The van der Waals surface area contributed by atoms with Gasteiger partial charge in [-0.05, 0) is 11.6 Å². The standard InChI is InChI=1S/C12H6O3/c13-10-8-4-2-1-3-7(8)9-5-6-15-12(9)11(10)14/h1-6H. The Bertz CT molecular complexity index is 578. The average Bonchev–Trinajstić information content (AvgIpc) is 2.75. The number of hydrogen-bond donors (Lipinski definition) is 0. The van der Waals surface area contributed by atoms with Gasteiger partial charge in [0, 0.05) is 11.1 Å². The van der Waals surface area contributed by atoms with Crippen molar-refractivity contribution in [3.8, 4) is 11.1 Å². The Morgan fingerprint density at radius 1 is 0.800 bits per heavy atom. The highest BCUT2D eigenvalue weighted by Crippen LogP contribution is 2.33. The first-order chi connectivity index (χ1) is 7.29. The number of carbonyl (C=O) groups is 2. The summed E-state index contributed by atoms with van der Waals surface area (Å²) in [5.74, 6) is -0.902. The van der Waals surface area contributed by atoms with Gasteiger partial charge in [-0.1, -0.05) is 24.3 Å². The lowest BCUT2D eigenvalue weighted by atomic mass is 9.89. The molecular formula is C12H6O3. The molecule has 0 radical (unpaired) electrons. The molecule has 1 aliphatic carbocycles. The Morgan fingerprint density at radius 2 is 1.53 bits per heavy atom. The second kappa shape index (κ2) is 2.67. The molecule has 3 nitrogen and oxygen atoms in total. The van der Waals surface area contributed by atoms with Crippen molar-refractivity contribution in [2.75, 3.05) is 0 Å². The molecule has 15 heavy (non-hydrogen) atoms. The second-order valence-corrected chi connectivity index (χ2v) is 3.37. The third kappa shape index (κ3) is 0.944. The number of carbonyl (C=O) groups excluding carboxylic acids is 2. The van der Waals surface area contributed by atoms with Crippen LogP contribution in [-0.4, -0.2) is 11.6 Å². The summed E-state index contributed by atoms with van der Waals surface area (Å²) in [4.78, 5) is 23.3. The van der Waals surface area contributed by atoms with Gasteiger partial charge in [0.1, 0.15) is 0 Å². The number of hydrogen-bond acceptors (Lipinski definition) is 3. The molecule has 0 atom stereocenters. The Balaban J connectivity index is 2.42. The van der Waals surface area contributed by atoms with Gasteiger partial charge in [-0.3, -0.25) is 9.59 Å². The van der Waals surface area contributed by atoms with E-state index in [1.54, 1.807) is 18.2 Å². The predicted molar refractivity (Wildman–Crippen MR) is 52.8 cm³/mol. The first kappa shape index (κ1) is 8.17. The lowest BCUT2D eigenvalue weighted by Gasteiger charge is -2.12. The Labute approximate surface area is 85.3 Å². The molecule has 72 valence electrons. The Kier molecular flexibility index (Phi) is 1.45. The monoisotopic (exact) mass is 198 g/mol. The summed E-state index contributed by atoms with van der Waals surface area (Å²) >= 11 is 0. The minimum absolute atomic E-state index is 0.152. The first-order valence-corrected chi connectivity index (χ1v) is 4.55. The van der Waals surface area contributed by atoms with Crippen molar-refractivity contribution in [3.05, 3.63) is 47.9 Å². The molecule has 0 N–H and O–H groups in total. The van der Waals surface area contributed by atoms with Crippen LogP contribution in [0.25, 0.3) is 11.1 Å². The fraction of sp³-hybridized carbons (Fsp3) is 0. The normalized spacial score (nSPS) is 13.6. The zero-order chi connectivity index (χ0) is 10.4. The van der Waals surface area contributed by atoms with E-state index in [-0.39, 0.29) is 5.76 Å². The lowest BCUT2D eigenvalue weighted by Crippen LogP contribution is -2.19. The van der Waals surface area contributed by atoms with Crippen molar-refractivity contribution >= 4 is 11.6 Å². The molecule has 0 bridgehead atoms. The molecule has 1 aromatic carbocycles. The van der Waals surface area contributed by atoms with Gasteiger partial charge in [-0.2, -0.15) is 0 Å². The third-order valence-electron chi connectivity index (χ3n) is 2.54. The quantitative estimate of drug-likeness (QED) is 0.610. The molecule has 0 saturated heterocycles. The minimum Gasteiger partial charge on any atom is -0.460 e. The molecule has 3 heteroatoms. The van der Waals surface area contributed by atoms with Crippen molar-refractivity contribution in [3.63, 3.8) is 0 Å². The van der Waals surface area contributed by atoms with Crippen LogP contribution in [0.3, 0.4) is 0 Å². The summed E-state index contributed by atoms with van der Waals surface area (Å²) in [6, 6.07) is 8.76. The number of fused-ring (bicyclic) bond motifs is 3. The molecular weight excluding hydrogens is 192 g/mol. The molecule has 2 aromatic rings. The van der Waals surface area contributed by atoms with E-state index in [9.17, 15) is 9.59 Å². The average molecular weight is 198 g/mol. The van der Waals surface area contributed by atoms with E-state index >= 15 is 0 Å². The van der Waals surface area contributed by atoms with E-state index in [2.05, 4.69) is 0 Å². The van der Waals surface area contributed by atoms with E-state index in [1.807, 2.05) is 12.1 Å². The molecule has 0 spiro atoms. The van der Waals surface area contributed by atoms with Gasteiger partial charge in [-0.25, -0.2) is 0 Å². The second-order valence-electron chi connectivity index (χ2n) is 3.37. The maximum atomic E-state index is 11.7. The molecule has 1 aliphatic rings. The fourth-order valence-corrected chi connectivity index (χ4v) is 1.84. The maximum Gasteiger partial charge on any atom is 0.269 e. The van der Waals surface area contributed by atoms with Gasteiger partial charge in [0.05, 0.1) is 6.26 Å². The van der Waals surface area contributed by atoms with Crippen LogP contribution in [0.1, 0.15) is 20.9 Å². The van der Waals surface area contributed by atoms with Crippen molar-refractivity contribution < 1.29 is 14.0 Å². The molecule has 0 unspecified atom stereocenters. The topological polar surface area (TPSA) is 47.3 Å². The summed E-state index contributed by atoms with van der Waals surface area (Å²) in [6.07, 6.45) is 1.43. The molecule has 0 fully saturated rings. The number of benzene rings is 1. The fourth-order valence-electron chi connectivity index (χ4n) is 1.84. The van der Waals surface area contributed by atoms with Gasteiger partial charge < -0.3 is 4.42 Å². The maximum absolute atomic E-state index is 11.7. The summed E-state index contributed by atoms with van der Waals surface area (Å²) in [6.45, 7) is 0. The van der Waals surface area contributed by atoms with Crippen molar-refractivity contribution in [1.82, 2.24) is 0 Å². The number of ketones is 2. The van der Waals surface area contributed by atoms with Gasteiger partial charge in [0.15, 0.2) is 5.76 Å². The van der Waals surface area contributed by atoms with E-state index in [4.69, 9.17) is 4.42 Å². The summed E-state index contributed by atoms with van der Waals surface area (Å²) in [5.41, 5.74) is 1.93. The highest BCUT2D eigenvalue weighted by atomic mass is 16.3. The number of furan rings is 1. The van der Waals surface area contributed by atoms with Crippen LogP contribution in [0.5, 0.6) is 0 Å². The van der Waals surface area contributed by atoms with Gasteiger partial charge in [0.2, 0.25) is 5.78 Å². The van der Waals surface area contributed by atoms with E-state index in [1.165, 1.54) is 6.26 Å². The SMILES string of the molecule is O=C1C(=O)c2occc2-c2ccccc21. The van der Waals surface area contributed by atoms with E-state index < -0.39 is 11.6 Å². The zero-order valence-corrected chi connectivity index (χ0v) is 7.69. The molecule has 0 amide bonds. The molecule has 0 saturated carbocycles. The Hall–Kier alpha value is -2.16. The molecule has 1 aromatic heterocycles. The molecule has 0 aliphatic heterocycles. The van der Waals surface area contributed by atoms with Crippen LogP contribution in [0.15, 0.2) is 41.0 Å². The summed E-state index contributed by atoms with van der Waals surface area (Å²) in [5, 5.41) is 0. The molecule has 3 rings (SSSR count). The van der Waals surface area contributed by atoms with Crippen LogP contribution >= 0.6 is 0 Å². The van der Waals surface area contributed by atoms with E-state index in [0.29, 0.717) is 11.1 Å². The third-order valence-corrected chi connectivity index (χ3v) is 2.54.